The lowest BCUT2D eigenvalue weighted by molar-refractivity contribution is -0.121. The van der Waals surface area contributed by atoms with Crippen LogP contribution in [0.1, 0.15) is 30.6 Å². The molecule has 1 heterocycles. The number of aryl methyl sites for hydroxylation is 1. The van der Waals surface area contributed by atoms with Crippen LogP contribution in [0.25, 0.3) is 0 Å². The topological polar surface area (TPSA) is 55.1 Å². The number of halogens is 1. The highest BCUT2D eigenvalue weighted by Gasteiger charge is 2.26. The van der Waals surface area contributed by atoms with E-state index >= 15 is 0 Å². The molecule has 18 heavy (non-hydrogen) atoms. The van der Waals surface area contributed by atoms with Crippen LogP contribution in [0.15, 0.2) is 11.4 Å². The van der Waals surface area contributed by atoms with Crippen LogP contribution < -0.4 is 11.1 Å². The first-order valence-electron chi connectivity index (χ1n) is 6.41. The smallest absolute Gasteiger partial charge is 0.220 e. The van der Waals surface area contributed by atoms with Crippen molar-refractivity contribution in [3.63, 3.8) is 0 Å². The van der Waals surface area contributed by atoms with Gasteiger partial charge in [0, 0.05) is 22.7 Å². The molecule has 100 valence electrons. The second kappa shape index (κ2) is 6.55. The van der Waals surface area contributed by atoms with Gasteiger partial charge < -0.3 is 11.1 Å². The zero-order valence-corrected chi connectivity index (χ0v) is 11.9. The molecular weight excluding hydrogens is 268 g/mol. The van der Waals surface area contributed by atoms with E-state index in [1.165, 1.54) is 6.42 Å². The van der Waals surface area contributed by atoms with Crippen molar-refractivity contribution in [1.82, 2.24) is 5.32 Å². The van der Waals surface area contributed by atoms with Gasteiger partial charge in [0.2, 0.25) is 5.91 Å². The van der Waals surface area contributed by atoms with Crippen molar-refractivity contribution < 1.29 is 4.79 Å². The number of amides is 1. The van der Waals surface area contributed by atoms with E-state index in [-0.39, 0.29) is 11.9 Å². The van der Waals surface area contributed by atoms with Gasteiger partial charge in [-0.15, -0.1) is 11.3 Å². The minimum absolute atomic E-state index is 0.130. The molecule has 0 radical (unpaired) electrons. The molecule has 0 aliphatic heterocycles. The Bertz CT molecular complexity index is 407. The Balaban J connectivity index is 1.75. The minimum Gasteiger partial charge on any atom is -0.353 e. The molecule has 2 atom stereocenters. The maximum Gasteiger partial charge on any atom is 0.220 e. The quantitative estimate of drug-likeness (QED) is 0.874. The summed E-state index contributed by atoms with van der Waals surface area (Å²) in [6.07, 6.45) is 4.68. The Morgan fingerprint density at radius 3 is 3.06 bits per heavy atom. The van der Waals surface area contributed by atoms with Crippen molar-refractivity contribution in [3.05, 3.63) is 21.3 Å². The fourth-order valence-corrected chi connectivity index (χ4v) is 3.59. The summed E-state index contributed by atoms with van der Waals surface area (Å²) < 4.78 is 0. The molecule has 0 bridgehead atoms. The van der Waals surface area contributed by atoms with Gasteiger partial charge in [0.05, 0.1) is 5.02 Å². The second-order valence-electron chi connectivity index (χ2n) is 4.83. The van der Waals surface area contributed by atoms with Gasteiger partial charge in [0.1, 0.15) is 0 Å². The van der Waals surface area contributed by atoms with Gasteiger partial charge in [-0.05, 0) is 37.8 Å². The molecule has 1 aliphatic carbocycles. The lowest BCUT2D eigenvalue weighted by atomic mass is 10.0. The molecule has 3 nitrogen and oxygen atoms in total. The monoisotopic (exact) mass is 286 g/mol. The van der Waals surface area contributed by atoms with Crippen LogP contribution in [-0.4, -0.2) is 18.5 Å². The summed E-state index contributed by atoms with van der Waals surface area (Å²) in [6, 6.07) is 2.21. The summed E-state index contributed by atoms with van der Waals surface area (Å²) in [7, 11) is 0. The Morgan fingerprint density at radius 2 is 2.39 bits per heavy atom. The minimum atomic E-state index is 0.130. The number of carbonyl (C=O) groups is 1. The third-order valence-electron chi connectivity index (χ3n) is 3.53. The third-order valence-corrected chi connectivity index (χ3v) is 4.87. The van der Waals surface area contributed by atoms with Gasteiger partial charge in [-0.1, -0.05) is 18.0 Å². The maximum atomic E-state index is 11.9. The van der Waals surface area contributed by atoms with Crippen LogP contribution >= 0.6 is 22.9 Å². The number of carbonyl (C=O) groups excluding carboxylic acids is 1. The average molecular weight is 287 g/mol. The first-order chi connectivity index (χ1) is 8.69. The fourth-order valence-electron chi connectivity index (χ4n) is 2.51. The molecule has 1 fully saturated rings. The van der Waals surface area contributed by atoms with Crippen molar-refractivity contribution >= 4 is 28.8 Å². The first-order valence-corrected chi connectivity index (χ1v) is 7.67. The standard InChI is InChI=1S/C13H19ClN2OS/c14-10-6-11(18-8-10)4-5-13(17)16-12-3-1-2-9(12)7-15/h6,8-9,12H,1-5,7,15H2,(H,16,17). The summed E-state index contributed by atoms with van der Waals surface area (Å²) in [5.41, 5.74) is 5.70. The second-order valence-corrected chi connectivity index (χ2v) is 6.26. The number of hydrogen-bond donors (Lipinski definition) is 2. The molecule has 5 heteroatoms. The van der Waals surface area contributed by atoms with Crippen LogP contribution in [0.2, 0.25) is 5.02 Å². The SMILES string of the molecule is NCC1CCCC1NC(=O)CCc1cc(Cl)cs1. The molecule has 1 saturated carbocycles. The normalized spacial score (nSPS) is 23.2. The van der Waals surface area contributed by atoms with Gasteiger partial charge in [-0.3, -0.25) is 4.79 Å². The van der Waals surface area contributed by atoms with Crippen molar-refractivity contribution in [3.8, 4) is 0 Å². The fraction of sp³-hybridized carbons (Fsp3) is 0.615. The molecular formula is C13H19ClN2OS. The van der Waals surface area contributed by atoms with E-state index < -0.39 is 0 Å². The molecule has 0 aromatic carbocycles. The first kappa shape index (κ1) is 13.8. The zero-order chi connectivity index (χ0) is 13.0. The summed E-state index contributed by atoms with van der Waals surface area (Å²) >= 11 is 7.45. The van der Waals surface area contributed by atoms with Crippen LogP contribution in [0, 0.1) is 5.92 Å². The zero-order valence-electron chi connectivity index (χ0n) is 10.3. The Labute approximate surface area is 117 Å². The highest BCUT2D eigenvalue weighted by atomic mass is 35.5. The molecule has 1 amide bonds. The largest absolute Gasteiger partial charge is 0.353 e. The van der Waals surface area contributed by atoms with Crippen LogP contribution in [-0.2, 0) is 11.2 Å². The third kappa shape index (κ3) is 3.70. The lowest BCUT2D eigenvalue weighted by Crippen LogP contribution is -2.39. The molecule has 2 unspecified atom stereocenters. The molecule has 3 N–H and O–H groups in total. The van der Waals surface area contributed by atoms with E-state index in [1.807, 2.05) is 11.4 Å². The van der Waals surface area contributed by atoms with E-state index in [0.29, 0.717) is 18.9 Å². The summed E-state index contributed by atoms with van der Waals surface area (Å²) in [5, 5.41) is 5.77. The molecule has 2 rings (SSSR count). The molecule has 1 aromatic heterocycles. The number of nitrogens with one attached hydrogen (secondary N) is 1. The summed E-state index contributed by atoms with van der Waals surface area (Å²) in [4.78, 5) is 13.0. The number of thiophene rings is 1. The van der Waals surface area contributed by atoms with Crippen molar-refractivity contribution in [2.24, 2.45) is 11.7 Å². The van der Waals surface area contributed by atoms with Crippen molar-refractivity contribution in [2.45, 2.75) is 38.1 Å². The van der Waals surface area contributed by atoms with Gasteiger partial charge in [-0.2, -0.15) is 0 Å². The predicted octanol–water partition coefficient (Wildman–Crippen LogP) is 2.58. The highest BCUT2D eigenvalue weighted by Crippen LogP contribution is 2.25. The Morgan fingerprint density at radius 1 is 1.56 bits per heavy atom. The predicted molar refractivity (Wildman–Crippen MR) is 76.0 cm³/mol. The van der Waals surface area contributed by atoms with Crippen molar-refractivity contribution in [1.29, 1.82) is 0 Å². The Hall–Kier alpha value is -0.580. The molecule has 1 aromatic rings. The van der Waals surface area contributed by atoms with Crippen molar-refractivity contribution in [2.75, 3.05) is 6.54 Å². The van der Waals surface area contributed by atoms with E-state index in [0.717, 1.165) is 29.2 Å². The lowest BCUT2D eigenvalue weighted by Gasteiger charge is -2.19. The van der Waals surface area contributed by atoms with E-state index in [2.05, 4.69) is 5.32 Å². The number of nitrogens with two attached hydrogens (primary N) is 1. The number of hydrogen-bond acceptors (Lipinski definition) is 3. The number of rotatable bonds is 5. The molecule has 0 saturated heterocycles. The Kier molecular flexibility index (Phi) is 5.03. The van der Waals surface area contributed by atoms with Crippen LogP contribution in [0.3, 0.4) is 0 Å². The molecule has 1 aliphatic rings. The van der Waals surface area contributed by atoms with Crippen LogP contribution in [0.5, 0.6) is 0 Å². The molecule has 0 spiro atoms. The average Bonchev–Trinajstić information content (AvgIpc) is 2.95. The van der Waals surface area contributed by atoms with E-state index in [1.54, 1.807) is 11.3 Å². The van der Waals surface area contributed by atoms with Gasteiger partial charge in [0.15, 0.2) is 0 Å². The van der Waals surface area contributed by atoms with Gasteiger partial charge in [0.25, 0.3) is 0 Å². The summed E-state index contributed by atoms with van der Waals surface area (Å²) in [6.45, 7) is 0.672. The van der Waals surface area contributed by atoms with E-state index in [9.17, 15) is 4.79 Å². The van der Waals surface area contributed by atoms with Gasteiger partial charge in [-0.25, -0.2) is 0 Å². The van der Waals surface area contributed by atoms with Crippen LogP contribution in [0.4, 0.5) is 0 Å². The highest BCUT2D eigenvalue weighted by molar-refractivity contribution is 7.10. The van der Waals surface area contributed by atoms with Gasteiger partial charge >= 0.3 is 0 Å². The summed E-state index contributed by atoms with van der Waals surface area (Å²) in [5.74, 6) is 0.593. The maximum absolute atomic E-state index is 11.9. The van der Waals surface area contributed by atoms with E-state index in [4.69, 9.17) is 17.3 Å².